The lowest BCUT2D eigenvalue weighted by Crippen LogP contribution is -2.29. The number of amides is 1. The molecule has 0 radical (unpaired) electrons. The molecular formula is C14H20N2O3. The zero-order valence-corrected chi connectivity index (χ0v) is 11.1. The van der Waals surface area contributed by atoms with Gasteiger partial charge in [-0.15, -0.1) is 0 Å². The molecule has 1 aromatic rings. The number of carbonyl (C=O) groups excluding carboxylic acids is 1. The molecule has 0 aliphatic heterocycles. The number of aromatic carboxylic acids is 1. The van der Waals surface area contributed by atoms with E-state index in [0.29, 0.717) is 13.1 Å². The normalized spacial score (nSPS) is 11.9. The van der Waals surface area contributed by atoms with Crippen LogP contribution >= 0.6 is 0 Å². The molecule has 0 saturated carbocycles. The molecule has 0 saturated heterocycles. The molecule has 0 aliphatic rings. The summed E-state index contributed by atoms with van der Waals surface area (Å²) in [5, 5.41) is 11.7. The lowest BCUT2D eigenvalue weighted by Gasteiger charge is -2.11. The second-order valence-corrected chi connectivity index (χ2v) is 4.56. The van der Waals surface area contributed by atoms with Crippen LogP contribution in [0.3, 0.4) is 0 Å². The predicted octanol–water partition coefficient (Wildman–Crippen LogP) is 1.38. The monoisotopic (exact) mass is 264 g/mol. The van der Waals surface area contributed by atoms with Gasteiger partial charge in [0.25, 0.3) is 0 Å². The molecule has 1 amide bonds. The second kappa shape index (κ2) is 7.53. The Balaban J connectivity index is 2.50. The van der Waals surface area contributed by atoms with Gasteiger partial charge >= 0.3 is 5.97 Å². The minimum Gasteiger partial charge on any atom is -0.478 e. The lowest BCUT2D eigenvalue weighted by atomic mass is 10.0. The van der Waals surface area contributed by atoms with E-state index in [2.05, 4.69) is 5.32 Å². The molecule has 0 spiro atoms. The Bertz CT molecular complexity index is 446. The summed E-state index contributed by atoms with van der Waals surface area (Å²) in [6.45, 7) is 2.78. The molecule has 0 fully saturated rings. The average Bonchev–Trinajstić information content (AvgIpc) is 2.42. The minimum absolute atomic E-state index is 0.0332. The smallest absolute Gasteiger partial charge is 0.335 e. The van der Waals surface area contributed by atoms with Crippen molar-refractivity contribution >= 4 is 11.9 Å². The van der Waals surface area contributed by atoms with Gasteiger partial charge in [-0.25, -0.2) is 4.79 Å². The van der Waals surface area contributed by atoms with Gasteiger partial charge in [0.1, 0.15) is 0 Å². The van der Waals surface area contributed by atoms with E-state index >= 15 is 0 Å². The summed E-state index contributed by atoms with van der Waals surface area (Å²) in [6.07, 6.45) is 1.58. The molecule has 0 bridgehead atoms. The Hall–Kier alpha value is -1.88. The maximum absolute atomic E-state index is 11.8. The third-order valence-corrected chi connectivity index (χ3v) is 2.93. The van der Waals surface area contributed by atoms with Gasteiger partial charge in [0.2, 0.25) is 5.91 Å². The molecule has 1 aromatic carbocycles. The summed E-state index contributed by atoms with van der Waals surface area (Å²) < 4.78 is 0. The molecule has 0 heterocycles. The molecule has 0 aliphatic carbocycles. The zero-order chi connectivity index (χ0) is 14.3. The number of benzene rings is 1. The van der Waals surface area contributed by atoms with Gasteiger partial charge in [-0.2, -0.15) is 0 Å². The first-order valence-corrected chi connectivity index (χ1v) is 6.34. The topological polar surface area (TPSA) is 92.4 Å². The Labute approximate surface area is 112 Å². The van der Waals surface area contributed by atoms with Crippen molar-refractivity contribution in [1.82, 2.24) is 5.32 Å². The van der Waals surface area contributed by atoms with Crippen molar-refractivity contribution in [2.45, 2.75) is 26.3 Å². The van der Waals surface area contributed by atoms with Crippen LogP contribution in [0.1, 0.15) is 35.7 Å². The van der Waals surface area contributed by atoms with Crippen molar-refractivity contribution in [2.24, 2.45) is 11.7 Å². The van der Waals surface area contributed by atoms with E-state index in [9.17, 15) is 9.59 Å². The molecule has 1 atom stereocenters. The van der Waals surface area contributed by atoms with Crippen LogP contribution in [0.5, 0.6) is 0 Å². The van der Waals surface area contributed by atoms with Gasteiger partial charge in [-0.05, 0) is 37.1 Å². The summed E-state index contributed by atoms with van der Waals surface area (Å²) in [5.74, 6) is -1.08. The van der Waals surface area contributed by atoms with E-state index < -0.39 is 5.97 Å². The largest absolute Gasteiger partial charge is 0.478 e. The van der Waals surface area contributed by atoms with E-state index in [-0.39, 0.29) is 17.4 Å². The van der Waals surface area contributed by atoms with Crippen molar-refractivity contribution in [3.63, 3.8) is 0 Å². The standard InChI is InChI=1S/C14H20N2O3/c1-10(4-3-7-15)13(17)16-9-11-5-2-6-12(8-11)14(18)19/h2,5-6,8,10H,3-4,7,9,15H2,1H3,(H,16,17)(H,18,19). The molecule has 5 nitrogen and oxygen atoms in total. The number of rotatable bonds is 7. The van der Waals surface area contributed by atoms with E-state index in [4.69, 9.17) is 10.8 Å². The molecule has 1 unspecified atom stereocenters. The number of nitrogens with two attached hydrogens (primary N) is 1. The van der Waals surface area contributed by atoms with Crippen LogP contribution < -0.4 is 11.1 Å². The fourth-order valence-electron chi connectivity index (χ4n) is 1.73. The molecule has 0 aromatic heterocycles. The number of carboxylic acid groups (broad SMARTS) is 1. The lowest BCUT2D eigenvalue weighted by molar-refractivity contribution is -0.124. The van der Waals surface area contributed by atoms with Crippen LogP contribution in [0.4, 0.5) is 0 Å². The highest BCUT2D eigenvalue weighted by Gasteiger charge is 2.12. The highest BCUT2D eigenvalue weighted by molar-refractivity contribution is 5.87. The van der Waals surface area contributed by atoms with E-state index in [0.717, 1.165) is 18.4 Å². The molecule has 104 valence electrons. The molecule has 5 heteroatoms. The summed E-state index contributed by atoms with van der Waals surface area (Å²) in [4.78, 5) is 22.6. The summed E-state index contributed by atoms with van der Waals surface area (Å²) in [7, 11) is 0. The summed E-state index contributed by atoms with van der Waals surface area (Å²) in [5.41, 5.74) is 6.40. The van der Waals surface area contributed by atoms with E-state index in [1.54, 1.807) is 18.2 Å². The van der Waals surface area contributed by atoms with Crippen molar-refractivity contribution in [3.05, 3.63) is 35.4 Å². The van der Waals surface area contributed by atoms with Crippen molar-refractivity contribution < 1.29 is 14.7 Å². The third kappa shape index (κ3) is 5.09. The Kier molecular flexibility index (Phi) is 6.02. The van der Waals surface area contributed by atoms with Gasteiger partial charge in [0, 0.05) is 12.5 Å². The quantitative estimate of drug-likeness (QED) is 0.693. The van der Waals surface area contributed by atoms with Crippen molar-refractivity contribution in [2.75, 3.05) is 6.54 Å². The fourth-order valence-corrected chi connectivity index (χ4v) is 1.73. The number of hydrogen-bond donors (Lipinski definition) is 3. The number of carbonyl (C=O) groups is 2. The first-order chi connectivity index (χ1) is 9.04. The Morgan fingerprint density at radius 1 is 1.42 bits per heavy atom. The average molecular weight is 264 g/mol. The second-order valence-electron chi connectivity index (χ2n) is 4.56. The molecular weight excluding hydrogens is 244 g/mol. The van der Waals surface area contributed by atoms with Gasteiger partial charge in [0.05, 0.1) is 5.56 Å². The van der Waals surface area contributed by atoms with Crippen LogP contribution in [0.25, 0.3) is 0 Å². The van der Waals surface area contributed by atoms with Crippen molar-refractivity contribution in [3.8, 4) is 0 Å². The fraction of sp³-hybridized carbons (Fsp3) is 0.429. The Morgan fingerprint density at radius 2 is 2.16 bits per heavy atom. The predicted molar refractivity (Wildman–Crippen MR) is 72.7 cm³/mol. The van der Waals surface area contributed by atoms with Gasteiger partial charge in [-0.3, -0.25) is 4.79 Å². The van der Waals surface area contributed by atoms with Crippen LogP contribution in [0, 0.1) is 5.92 Å². The summed E-state index contributed by atoms with van der Waals surface area (Å²) in [6, 6.07) is 6.55. The summed E-state index contributed by atoms with van der Waals surface area (Å²) >= 11 is 0. The number of carboxylic acids is 1. The number of nitrogens with one attached hydrogen (secondary N) is 1. The van der Waals surface area contributed by atoms with Crippen LogP contribution in [-0.2, 0) is 11.3 Å². The van der Waals surface area contributed by atoms with Crippen molar-refractivity contribution in [1.29, 1.82) is 0 Å². The first kappa shape index (κ1) is 15.2. The van der Waals surface area contributed by atoms with Gasteiger partial charge in [0.15, 0.2) is 0 Å². The highest BCUT2D eigenvalue weighted by atomic mass is 16.4. The third-order valence-electron chi connectivity index (χ3n) is 2.93. The van der Waals surface area contributed by atoms with E-state index in [1.165, 1.54) is 6.07 Å². The maximum Gasteiger partial charge on any atom is 0.335 e. The molecule has 1 rings (SSSR count). The molecule has 19 heavy (non-hydrogen) atoms. The van der Waals surface area contributed by atoms with Crippen LogP contribution in [0.2, 0.25) is 0 Å². The first-order valence-electron chi connectivity index (χ1n) is 6.34. The van der Waals surface area contributed by atoms with Gasteiger partial charge < -0.3 is 16.2 Å². The maximum atomic E-state index is 11.8. The Morgan fingerprint density at radius 3 is 2.79 bits per heavy atom. The minimum atomic E-state index is -0.968. The van der Waals surface area contributed by atoms with Crippen LogP contribution in [-0.4, -0.2) is 23.5 Å². The van der Waals surface area contributed by atoms with Gasteiger partial charge in [-0.1, -0.05) is 19.1 Å². The number of hydrogen-bond acceptors (Lipinski definition) is 3. The van der Waals surface area contributed by atoms with Crippen LogP contribution in [0.15, 0.2) is 24.3 Å². The SMILES string of the molecule is CC(CCCN)C(=O)NCc1cccc(C(=O)O)c1. The molecule has 4 N–H and O–H groups in total. The highest BCUT2D eigenvalue weighted by Crippen LogP contribution is 2.07. The van der Waals surface area contributed by atoms with E-state index in [1.807, 2.05) is 6.92 Å². The zero-order valence-electron chi connectivity index (χ0n) is 11.1.